The first-order chi connectivity index (χ1) is 8.92. The molecule has 0 radical (unpaired) electrons. The van der Waals surface area contributed by atoms with E-state index < -0.39 is 11.4 Å². The molecule has 2 rings (SSSR count). The van der Waals surface area contributed by atoms with Gasteiger partial charge < -0.3 is 9.84 Å². The number of aliphatic carboxylic acids is 1. The standard InChI is InChI=1S/C15H19FO3/c1-9(2)10-7-11(13(19-3)8-12(10)16)15(14(17)18)5-4-6-15/h7-9H,4-6H2,1-3H3,(H,17,18). The van der Waals surface area contributed by atoms with Gasteiger partial charge in [0, 0.05) is 11.6 Å². The van der Waals surface area contributed by atoms with Crippen LogP contribution in [0.15, 0.2) is 12.1 Å². The predicted molar refractivity (Wildman–Crippen MR) is 70.2 cm³/mol. The van der Waals surface area contributed by atoms with Crippen LogP contribution in [0.2, 0.25) is 0 Å². The fraction of sp³-hybridized carbons (Fsp3) is 0.533. The van der Waals surface area contributed by atoms with Gasteiger partial charge in [-0.15, -0.1) is 0 Å². The Bertz CT molecular complexity index is 504. The molecule has 1 aromatic rings. The van der Waals surface area contributed by atoms with E-state index in [0.29, 0.717) is 29.7 Å². The third-order valence-electron chi connectivity index (χ3n) is 4.07. The third-order valence-corrected chi connectivity index (χ3v) is 4.07. The molecule has 1 aromatic carbocycles. The fourth-order valence-electron chi connectivity index (χ4n) is 2.69. The monoisotopic (exact) mass is 266 g/mol. The molecule has 1 N–H and O–H groups in total. The van der Waals surface area contributed by atoms with E-state index in [0.717, 1.165) is 6.42 Å². The second-order valence-corrected chi connectivity index (χ2v) is 5.47. The van der Waals surface area contributed by atoms with Crippen molar-refractivity contribution in [2.45, 2.75) is 44.4 Å². The maximum absolute atomic E-state index is 14.0. The summed E-state index contributed by atoms with van der Waals surface area (Å²) >= 11 is 0. The zero-order valence-electron chi connectivity index (χ0n) is 11.5. The Morgan fingerprint density at radius 2 is 2.05 bits per heavy atom. The molecule has 1 saturated carbocycles. The SMILES string of the molecule is COc1cc(F)c(C(C)C)cc1C1(C(=O)O)CCC1. The summed E-state index contributed by atoms with van der Waals surface area (Å²) in [6.07, 6.45) is 2.05. The van der Waals surface area contributed by atoms with Crippen LogP contribution < -0.4 is 4.74 Å². The van der Waals surface area contributed by atoms with E-state index in [-0.39, 0.29) is 11.7 Å². The van der Waals surface area contributed by atoms with E-state index in [1.54, 1.807) is 6.07 Å². The first-order valence-corrected chi connectivity index (χ1v) is 6.53. The quantitative estimate of drug-likeness (QED) is 0.907. The van der Waals surface area contributed by atoms with Crippen LogP contribution in [0, 0.1) is 5.82 Å². The van der Waals surface area contributed by atoms with E-state index in [2.05, 4.69) is 0 Å². The van der Waals surface area contributed by atoms with Gasteiger partial charge in [0.1, 0.15) is 11.6 Å². The molecule has 1 fully saturated rings. The van der Waals surface area contributed by atoms with E-state index >= 15 is 0 Å². The molecule has 1 aliphatic carbocycles. The summed E-state index contributed by atoms with van der Waals surface area (Å²) in [5.74, 6) is -0.839. The molecule has 4 heteroatoms. The molecule has 0 aliphatic heterocycles. The van der Waals surface area contributed by atoms with Gasteiger partial charge in [0.15, 0.2) is 0 Å². The van der Waals surface area contributed by atoms with Crippen LogP contribution in [-0.4, -0.2) is 18.2 Å². The molecule has 1 aliphatic rings. The number of carbonyl (C=O) groups is 1. The van der Waals surface area contributed by atoms with Gasteiger partial charge in [-0.1, -0.05) is 20.3 Å². The molecule has 0 atom stereocenters. The highest BCUT2D eigenvalue weighted by Crippen LogP contribution is 2.48. The average molecular weight is 266 g/mol. The minimum Gasteiger partial charge on any atom is -0.496 e. The van der Waals surface area contributed by atoms with Gasteiger partial charge in [-0.3, -0.25) is 4.79 Å². The summed E-state index contributed by atoms with van der Waals surface area (Å²) in [7, 11) is 1.45. The fourth-order valence-corrected chi connectivity index (χ4v) is 2.69. The van der Waals surface area contributed by atoms with Gasteiger partial charge in [0.05, 0.1) is 12.5 Å². The molecular weight excluding hydrogens is 247 g/mol. The van der Waals surface area contributed by atoms with Crippen molar-refractivity contribution in [3.8, 4) is 5.75 Å². The molecule has 104 valence electrons. The number of rotatable bonds is 4. The Morgan fingerprint density at radius 3 is 2.42 bits per heavy atom. The van der Waals surface area contributed by atoms with Crippen molar-refractivity contribution in [3.05, 3.63) is 29.1 Å². The second kappa shape index (κ2) is 4.83. The number of hydrogen-bond donors (Lipinski definition) is 1. The lowest BCUT2D eigenvalue weighted by molar-refractivity contribution is -0.147. The minimum atomic E-state index is -0.900. The topological polar surface area (TPSA) is 46.5 Å². The third kappa shape index (κ3) is 2.09. The summed E-state index contributed by atoms with van der Waals surface area (Å²) in [5, 5.41) is 9.51. The lowest BCUT2D eigenvalue weighted by Crippen LogP contribution is -2.42. The van der Waals surface area contributed by atoms with Gasteiger partial charge >= 0.3 is 5.97 Å². The molecule has 3 nitrogen and oxygen atoms in total. The summed E-state index contributed by atoms with van der Waals surface area (Å²) in [4.78, 5) is 11.6. The van der Waals surface area contributed by atoms with Gasteiger partial charge in [-0.2, -0.15) is 0 Å². The number of benzene rings is 1. The van der Waals surface area contributed by atoms with Crippen LogP contribution in [0.25, 0.3) is 0 Å². The smallest absolute Gasteiger partial charge is 0.314 e. The van der Waals surface area contributed by atoms with Crippen molar-refractivity contribution in [2.24, 2.45) is 0 Å². The second-order valence-electron chi connectivity index (χ2n) is 5.47. The first-order valence-electron chi connectivity index (χ1n) is 6.53. The van der Waals surface area contributed by atoms with E-state index in [4.69, 9.17) is 4.74 Å². The zero-order chi connectivity index (χ0) is 14.2. The van der Waals surface area contributed by atoms with Crippen molar-refractivity contribution in [1.82, 2.24) is 0 Å². The molecule has 0 heterocycles. The summed E-state index contributed by atoms with van der Waals surface area (Å²) in [6, 6.07) is 2.99. The highest BCUT2D eigenvalue weighted by Gasteiger charge is 2.48. The highest BCUT2D eigenvalue weighted by atomic mass is 19.1. The van der Waals surface area contributed by atoms with E-state index in [1.165, 1.54) is 13.2 Å². The van der Waals surface area contributed by atoms with Crippen molar-refractivity contribution in [2.75, 3.05) is 7.11 Å². The van der Waals surface area contributed by atoms with Crippen molar-refractivity contribution >= 4 is 5.97 Å². The molecular formula is C15H19FO3. The molecule has 0 unspecified atom stereocenters. The number of methoxy groups -OCH3 is 1. The Labute approximate surface area is 112 Å². The number of carboxylic acids is 1. The van der Waals surface area contributed by atoms with E-state index in [1.807, 2.05) is 13.8 Å². The summed E-state index contributed by atoms with van der Waals surface area (Å²) in [5.41, 5.74) is 0.255. The van der Waals surface area contributed by atoms with Crippen LogP contribution in [0.5, 0.6) is 5.75 Å². The molecule has 0 spiro atoms. The highest BCUT2D eigenvalue weighted by molar-refractivity contribution is 5.83. The van der Waals surface area contributed by atoms with Crippen LogP contribution in [0.1, 0.15) is 50.2 Å². The Morgan fingerprint density at radius 1 is 1.42 bits per heavy atom. The minimum absolute atomic E-state index is 0.00979. The largest absolute Gasteiger partial charge is 0.496 e. The summed E-state index contributed by atoms with van der Waals surface area (Å²) < 4.78 is 19.1. The number of hydrogen-bond acceptors (Lipinski definition) is 2. The molecule has 0 saturated heterocycles. The van der Waals surface area contributed by atoms with Crippen LogP contribution >= 0.6 is 0 Å². The average Bonchev–Trinajstić information content (AvgIpc) is 2.27. The van der Waals surface area contributed by atoms with Gasteiger partial charge in [0.2, 0.25) is 0 Å². The number of halogens is 1. The number of ether oxygens (including phenoxy) is 1. The maximum atomic E-state index is 14.0. The van der Waals surface area contributed by atoms with Crippen LogP contribution in [0.3, 0.4) is 0 Å². The van der Waals surface area contributed by atoms with Gasteiger partial charge in [0.25, 0.3) is 0 Å². The van der Waals surface area contributed by atoms with Gasteiger partial charge in [-0.05, 0) is 30.4 Å². The predicted octanol–water partition coefficient (Wildman–Crippen LogP) is 3.46. The molecule has 0 amide bonds. The zero-order valence-corrected chi connectivity index (χ0v) is 11.5. The van der Waals surface area contributed by atoms with Crippen molar-refractivity contribution in [1.29, 1.82) is 0 Å². The molecule has 0 aromatic heterocycles. The van der Waals surface area contributed by atoms with Crippen molar-refractivity contribution < 1.29 is 19.0 Å². The van der Waals surface area contributed by atoms with Crippen molar-refractivity contribution in [3.63, 3.8) is 0 Å². The van der Waals surface area contributed by atoms with Gasteiger partial charge in [-0.25, -0.2) is 4.39 Å². The molecule has 0 bridgehead atoms. The Hall–Kier alpha value is -1.58. The lowest BCUT2D eigenvalue weighted by atomic mass is 9.64. The normalized spacial score (nSPS) is 17.1. The summed E-state index contributed by atoms with van der Waals surface area (Å²) in [6.45, 7) is 3.78. The Kier molecular flexibility index (Phi) is 3.52. The maximum Gasteiger partial charge on any atom is 0.314 e. The Balaban J connectivity index is 2.61. The first kappa shape index (κ1) is 13.8. The molecule has 19 heavy (non-hydrogen) atoms. The van der Waals surface area contributed by atoms with E-state index in [9.17, 15) is 14.3 Å². The number of carboxylic acid groups (broad SMARTS) is 1. The lowest BCUT2D eigenvalue weighted by Gasteiger charge is -2.39. The van der Waals surface area contributed by atoms with Crippen LogP contribution in [0.4, 0.5) is 4.39 Å². The van der Waals surface area contributed by atoms with Crippen LogP contribution in [-0.2, 0) is 10.2 Å².